The molecule has 0 fully saturated rings. The smallest absolute Gasteiger partial charge is 0.112 e. The summed E-state index contributed by atoms with van der Waals surface area (Å²) in [6, 6.07) is 0.300. The Labute approximate surface area is 95.9 Å². The summed E-state index contributed by atoms with van der Waals surface area (Å²) >= 11 is 1.68. The molecule has 0 aliphatic rings. The van der Waals surface area contributed by atoms with Gasteiger partial charge in [0.15, 0.2) is 0 Å². The summed E-state index contributed by atoms with van der Waals surface area (Å²) in [5.41, 5.74) is -0.0969. The fourth-order valence-electron chi connectivity index (χ4n) is 1.48. The minimum atomic E-state index is -0.0969. The third-order valence-electron chi connectivity index (χ3n) is 2.63. The molecule has 86 valence electrons. The molecule has 4 heteroatoms. The maximum atomic E-state index is 5.30. The Morgan fingerprint density at radius 1 is 1.47 bits per heavy atom. The molecule has 0 radical (unpaired) electrons. The van der Waals surface area contributed by atoms with Crippen LogP contribution in [0.2, 0.25) is 0 Å². The summed E-state index contributed by atoms with van der Waals surface area (Å²) in [5, 5.41) is 6.64. The number of hydrogen-bond acceptors (Lipinski definition) is 4. The molecule has 3 nitrogen and oxygen atoms in total. The van der Waals surface area contributed by atoms with Crippen LogP contribution in [0, 0.1) is 0 Å². The Hall–Kier alpha value is -0.450. The fraction of sp³-hybridized carbons (Fsp3) is 0.727. The Bertz CT molecular complexity index is 285. The number of nitrogens with one attached hydrogen (secondary N) is 1. The summed E-state index contributed by atoms with van der Waals surface area (Å²) in [6.45, 7) is 8.48. The summed E-state index contributed by atoms with van der Waals surface area (Å²) < 4.78 is 5.30. The highest BCUT2D eigenvalue weighted by atomic mass is 32.1. The number of aromatic nitrogens is 1. The van der Waals surface area contributed by atoms with Crippen LogP contribution in [-0.2, 0) is 10.3 Å². The van der Waals surface area contributed by atoms with Crippen molar-refractivity contribution in [3.05, 3.63) is 16.6 Å². The molecule has 0 saturated heterocycles. The topological polar surface area (TPSA) is 34.1 Å². The molecule has 1 aromatic rings. The van der Waals surface area contributed by atoms with E-state index in [2.05, 4.69) is 38.0 Å². The van der Waals surface area contributed by atoms with Crippen molar-refractivity contribution >= 4 is 11.3 Å². The molecule has 1 N–H and O–H groups in total. The van der Waals surface area contributed by atoms with Crippen LogP contribution < -0.4 is 5.32 Å². The molecule has 0 aliphatic carbocycles. The Morgan fingerprint density at radius 2 is 2.13 bits per heavy atom. The van der Waals surface area contributed by atoms with E-state index in [9.17, 15) is 0 Å². The molecular weight excluding hydrogens is 208 g/mol. The first-order valence-corrected chi connectivity index (χ1v) is 6.06. The van der Waals surface area contributed by atoms with Crippen molar-refractivity contribution in [1.29, 1.82) is 0 Å². The molecule has 1 heterocycles. The van der Waals surface area contributed by atoms with Crippen LogP contribution in [-0.4, -0.2) is 24.2 Å². The van der Waals surface area contributed by atoms with Gasteiger partial charge in [-0.15, -0.1) is 11.3 Å². The van der Waals surface area contributed by atoms with Crippen LogP contribution in [0.1, 0.15) is 32.7 Å². The van der Waals surface area contributed by atoms with Crippen molar-refractivity contribution in [2.75, 3.05) is 7.11 Å². The van der Waals surface area contributed by atoms with Crippen molar-refractivity contribution in [3.8, 4) is 0 Å². The minimum absolute atomic E-state index is 0.0969. The van der Waals surface area contributed by atoms with Gasteiger partial charge in [0.2, 0.25) is 0 Å². The monoisotopic (exact) mass is 228 g/mol. The van der Waals surface area contributed by atoms with Gasteiger partial charge in [0.1, 0.15) is 5.01 Å². The quantitative estimate of drug-likeness (QED) is 0.840. The van der Waals surface area contributed by atoms with Gasteiger partial charge in [-0.25, -0.2) is 4.98 Å². The lowest BCUT2D eigenvalue weighted by molar-refractivity contribution is 0.0776. The second kappa shape index (κ2) is 5.05. The number of hydrogen-bond donors (Lipinski definition) is 1. The van der Waals surface area contributed by atoms with Crippen LogP contribution in [0.15, 0.2) is 11.6 Å². The second-order valence-electron chi connectivity index (χ2n) is 4.34. The van der Waals surface area contributed by atoms with Gasteiger partial charge in [-0.3, -0.25) is 0 Å². The van der Waals surface area contributed by atoms with E-state index in [0.29, 0.717) is 6.04 Å². The lowest BCUT2D eigenvalue weighted by atomic mass is 10.0. The van der Waals surface area contributed by atoms with Crippen molar-refractivity contribution in [2.24, 2.45) is 0 Å². The van der Waals surface area contributed by atoms with E-state index in [1.807, 2.05) is 11.6 Å². The molecule has 0 bridgehead atoms. The molecule has 0 aliphatic heterocycles. The maximum absolute atomic E-state index is 5.30. The van der Waals surface area contributed by atoms with Gasteiger partial charge in [0.05, 0.1) is 11.6 Å². The molecule has 0 aromatic carbocycles. The Kier molecular flexibility index (Phi) is 4.25. The average molecular weight is 228 g/mol. The van der Waals surface area contributed by atoms with Crippen LogP contribution in [0.5, 0.6) is 0 Å². The van der Waals surface area contributed by atoms with Crippen molar-refractivity contribution in [3.63, 3.8) is 0 Å². The number of ether oxygens (including phenoxy) is 1. The summed E-state index contributed by atoms with van der Waals surface area (Å²) in [4.78, 5) is 4.34. The zero-order valence-electron chi connectivity index (χ0n) is 10.1. The molecule has 2 atom stereocenters. The molecule has 0 amide bonds. The standard InChI is InChI=1S/C11H20N2OS/c1-8(9(2)14-5)13-11(3,4)10-12-6-7-15-10/h6-9,13H,1-5H3. The zero-order chi connectivity index (χ0) is 11.5. The van der Waals surface area contributed by atoms with Crippen LogP contribution in [0.25, 0.3) is 0 Å². The highest BCUT2D eigenvalue weighted by Crippen LogP contribution is 2.23. The molecule has 0 saturated carbocycles. The zero-order valence-corrected chi connectivity index (χ0v) is 10.9. The number of nitrogens with zero attached hydrogens (tertiary/aromatic N) is 1. The minimum Gasteiger partial charge on any atom is -0.380 e. The molecule has 0 spiro atoms. The predicted molar refractivity (Wildman–Crippen MR) is 64.2 cm³/mol. The van der Waals surface area contributed by atoms with Crippen molar-refractivity contribution < 1.29 is 4.74 Å². The highest BCUT2D eigenvalue weighted by molar-refractivity contribution is 7.09. The van der Waals surface area contributed by atoms with Crippen molar-refractivity contribution in [2.45, 2.75) is 45.4 Å². The average Bonchev–Trinajstić information content (AvgIpc) is 2.69. The van der Waals surface area contributed by atoms with Crippen LogP contribution >= 0.6 is 11.3 Å². The Balaban J connectivity index is 2.64. The van der Waals surface area contributed by atoms with E-state index in [-0.39, 0.29) is 11.6 Å². The first kappa shape index (κ1) is 12.6. The molecule has 1 rings (SSSR count). The largest absolute Gasteiger partial charge is 0.380 e. The highest BCUT2D eigenvalue weighted by Gasteiger charge is 2.26. The summed E-state index contributed by atoms with van der Waals surface area (Å²) in [7, 11) is 1.74. The second-order valence-corrected chi connectivity index (χ2v) is 5.23. The van der Waals surface area contributed by atoms with Gasteiger partial charge in [-0.1, -0.05) is 0 Å². The van der Waals surface area contributed by atoms with E-state index in [0.717, 1.165) is 5.01 Å². The number of methoxy groups -OCH3 is 1. The Morgan fingerprint density at radius 3 is 2.60 bits per heavy atom. The van der Waals surface area contributed by atoms with Gasteiger partial charge < -0.3 is 10.1 Å². The van der Waals surface area contributed by atoms with Crippen molar-refractivity contribution in [1.82, 2.24) is 10.3 Å². The van der Waals surface area contributed by atoms with Crippen LogP contribution in [0.3, 0.4) is 0 Å². The van der Waals surface area contributed by atoms with Gasteiger partial charge >= 0.3 is 0 Å². The first-order chi connectivity index (χ1) is 6.97. The van der Waals surface area contributed by atoms with E-state index in [1.165, 1.54) is 0 Å². The molecule has 1 aromatic heterocycles. The number of rotatable bonds is 5. The van der Waals surface area contributed by atoms with Gasteiger partial charge in [-0.05, 0) is 27.7 Å². The van der Waals surface area contributed by atoms with Gasteiger partial charge in [0.25, 0.3) is 0 Å². The van der Waals surface area contributed by atoms with E-state index in [1.54, 1.807) is 18.4 Å². The first-order valence-electron chi connectivity index (χ1n) is 5.18. The van der Waals surface area contributed by atoms with E-state index < -0.39 is 0 Å². The van der Waals surface area contributed by atoms with E-state index in [4.69, 9.17) is 4.74 Å². The third kappa shape index (κ3) is 3.26. The maximum Gasteiger partial charge on any atom is 0.112 e. The van der Waals surface area contributed by atoms with E-state index >= 15 is 0 Å². The van der Waals surface area contributed by atoms with Gasteiger partial charge in [-0.2, -0.15) is 0 Å². The number of thiazole rings is 1. The van der Waals surface area contributed by atoms with Crippen LogP contribution in [0.4, 0.5) is 0 Å². The van der Waals surface area contributed by atoms with Gasteiger partial charge in [0, 0.05) is 24.7 Å². The lowest BCUT2D eigenvalue weighted by Crippen LogP contribution is -2.47. The molecule has 2 unspecified atom stereocenters. The molecular formula is C11H20N2OS. The fourth-order valence-corrected chi connectivity index (χ4v) is 2.21. The predicted octanol–water partition coefficient (Wildman–Crippen LogP) is 2.39. The lowest BCUT2D eigenvalue weighted by Gasteiger charge is -2.31. The summed E-state index contributed by atoms with van der Waals surface area (Å²) in [6.07, 6.45) is 2.04. The SMILES string of the molecule is COC(C)C(C)NC(C)(C)c1nccs1. The third-order valence-corrected chi connectivity index (χ3v) is 3.73. The normalized spacial score (nSPS) is 16.3. The molecule has 15 heavy (non-hydrogen) atoms. The summed E-state index contributed by atoms with van der Waals surface area (Å²) in [5.74, 6) is 0.